The number of benzene rings is 3. The standard InChI is InChI=1S/C44H47ClN8O5/c1-28-22-44(27-52(28)34-7-4-31(23-46)37(45)21-34)12-14-49(15-13-44)32-5-2-30(3-6-32)41(56)50-18-16-48(17-19-50)24-29-25-51(26-29)33-8-9-35-36(20-33)43(58)53(42(35)57)38-10-11-39(54)47-40(38)55/h2-9,20-21,28-29,38H,10-19,22,24-27H2,1H3,(H,47,54,55)/t28-,38?/m0/s1. The number of rotatable bonds is 7. The maximum atomic E-state index is 13.5. The molecule has 5 amide bonds. The van der Waals surface area contributed by atoms with Gasteiger partial charge >= 0.3 is 0 Å². The van der Waals surface area contributed by atoms with Crippen LogP contribution in [0.15, 0.2) is 60.7 Å². The lowest BCUT2D eigenvalue weighted by atomic mass is 9.76. The van der Waals surface area contributed by atoms with E-state index in [1.165, 1.54) is 0 Å². The fourth-order valence-electron chi connectivity index (χ4n) is 10.1. The highest BCUT2D eigenvalue weighted by molar-refractivity contribution is 6.32. The number of piperidine rings is 2. The Kier molecular flexibility index (Phi) is 9.88. The lowest BCUT2D eigenvalue weighted by molar-refractivity contribution is -0.136. The highest BCUT2D eigenvalue weighted by atomic mass is 35.5. The third kappa shape index (κ3) is 6.96. The Morgan fingerprint density at radius 3 is 2.22 bits per heavy atom. The molecular weight excluding hydrogens is 756 g/mol. The van der Waals surface area contributed by atoms with Crippen LogP contribution in [0.4, 0.5) is 17.1 Å². The Bertz CT molecular complexity index is 2220. The van der Waals surface area contributed by atoms with E-state index in [0.717, 1.165) is 99.1 Å². The lowest BCUT2D eigenvalue weighted by Gasteiger charge is -2.45. The molecule has 0 aromatic heterocycles. The summed E-state index contributed by atoms with van der Waals surface area (Å²) in [5, 5.41) is 12.0. The molecule has 1 unspecified atom stereocenters. The van der Waals surface area contributed by atoms with Gasteiger partial charge in [0.2, 0.25) is 11.8 Å². The van der Waals surface area contributed by atoms with E-state index < -0.39 is 29.7 Å². The molecule has 5 fully saturated rings. The molecule has 3 aromatic rings. The number of nitriles is 1. The van der Waals surface area contributed by atoms with Crippen molar-refractivity contribution in [3.05, 3.63) is 87.9 Å². The van der Waals surface area contributed by atoms with E-state index in [1.54, 1.807) is 12.1 Å². The molecule has 58 heavy (non-hydrogen) atoms. The van der Waals surface area contributed by atoms with Crippen LogP contribution in [0.3, 0.4) is 0 Å². The van der Waals surface area contributed by atoms with Crippen molar-refractivity contribution in [3.63, 3.8) is 0 Å². The third-order valence-electron chi connectivity index (χ3n) is 13.4. The summed E-state index contributed by atoms with van der Waals surface area (Å²) in [5.41, 5.74) is 5.17. The lowest BCUT2D eigenvalue weighted by Crippen LogP contribution is -2.55. The number of nitrogens with one attached hydrogen (secondary N) is 1. The molecule has 6 heterocycles. The molecule has 6 aliphatic rings. The van der Waals surface area contributed by atoms with Gasteiger partial charge in [-0.25, -0.2) is 0 Å². The second-order valence-corrected chi connectivity index (χ2v) is 17.4. The number of anilines is 3. The Balaban J connectivity index is 0.721. The van der Waals surface area contributed by atoms with Crippen molar-refractivity contribution in [1.82, 2.24) is 20.0 Å². The van der Waals surface area contributed by atoms with E-state index >= 15 is 0 Å². The predicted octanol–water partition coefficient (Wildman–Crippen LogP) is 4.39. The highest BCUT2D eigenvalue weighted by Crippen LogP contribution is 2.46. The molecule has 5 saturated heterocycles. The topological polar surface area (TPSA) is 141 Å². The summed E-state index contributed by atoms with van der Waals surface area (Å²) in [6.07, 6.45) is 3.56. The number of fused-ring (bicyclic) bond motifs is 1. The van der Waals surface area contributed by atoms with Gasteiger partial charge in [-0.2, -0.15) is 5.26 Å². The molecule has 14 heteroatoms. The van der Waals surface area contributed by atoms with Crippen LogP contribution in [0.1, 0.15) is 75.7 Å². The minimum atomic E-state index is -0.976. The molecule has 0 radical (unpaired) electrons. The van der Waals surface area contributed by atoms with Gasteiger partial charge in [-0.05, 0) is 98.7 Å². The number of nitrogens with zero attached hydrogens (tertiary/aromatic N) is 7. The van der Waals surface area contributed by atoms with Crippen molar-refractivity contribution in [2.75, 3.05) is 80.1 Å². The number of hydrogen-bond donors (Lipinski definition) is 1. The first-order chi connectivity index (χ1) is 28.0. The summed E-state index contributed by atoms with van der Waals surface area (Å²) in [6, 6.07) is 20.7. The average molecular weight is 803 g/mol. The first kappa shape index (κ1) is 38.1. The van der Waals surface area contributed by atoms with E-state index in [1.807, 2.05) is 41.3 Å². The first-order valence-electron chi connectivity index (χ1n) is 20.4. The van der Waals surface area contributed by atoms with Crippen LogP contribution in [0, 0.1) is 22.7 Å². The average Bonchev–Trinajstić information content (AvgIpc) is 3.66. The zero-order valence-electron chi connectivity index (χ0n) is 32.7. The van der Waals surface area contributed by atoms with Crippen LogP contribution >= 0.6 is 11.6 Å². The van der Waals surface area contributed by atoms with Gasteiger partial charge in [0.05, 0.1) is 21.7 Å². The number of hydrogen-bond acceptors (Lipinski definition) is 10. The quantitative estimate of drug-likeness (QED) is 0.342. The fraction of sp³-hybridized carbons (Fsp3) is 0.455. The van der Waals surface area contributed by atoms with Crippen LogP contribution in [-0.2, 0) is 9.59 Å². The zero-order chi connectivity index (χ0) is 40.3. The third-order valence-corrected chi connectivity index (χ3v) is 13.7. The van der Waals surface area contributed by atoms with Crippen molar-refractivity contribution in [2.45, 2.75) is 51.1 Å². The number of piperazine rings is 1. The van der Waals surface area contributed by atoms with Crippen LogP contribution in [-0.4, -0.2) is 122 Å². The molecule has 13 nitrogen and oxygen atoms in total. The van der Waals surface area contributed by atoms with Gasteiger partial charge in [0.1, 0.15) is 12.1 Å². The molecule has 0 aliphatic carbocycles. The fourth-order valence-corrected chi connectivity index (χ4v) is 10.3. The number of amides is 5. The summed E-state index contributed by atoms with van der Waals surface area (Å²) in [5.74, 6) is -1.48. The summed E-state index contributed by atoms with van der Waals surface area (Å²) in [4.78, 5) is 76.4. The molecule has 1 N–H and O–H groups in total. The Labute approximate surface area is 343 Å². The zero-order valence-corrected chi connectivity index (χ0v) is 33.4. The molecule has 0 bridgehead atoms. The van der Waals surface area contributed by atoms with Gasteiger partial charge in [-0.3, -0.25) is 39.1 Å². The van der Waals surface area contributed by atoms with Crippen molar-refractivity contribution in [3.8, 4) is 6.07 Å². The van der Waals surface area contributed by atoms with E-state index in [9.17, 15) is 29.2 Å². The number of carbonyl (C=O) groups excluding carboxylic acids is 5. The van der Waals surface area contributed by atoms with Gasteiger partial charge in [0.15, 0.2) is 0 Å². The second kappa shape index (κ2) is 15.1. The molecule has 3 aromatic carbocycles. The van der Waals surface area contributed by atoms with Crippen LogP contribution in [0.25, 0.3) is 0 Å². The number of imide groups is 2. The van der Waals surface area contributed by atoms with E-state index in [2.05, 4.69) is 50.0 Å². The second-order valence-electron chi connectivity index (χ2n) is 17.0. The smallest absolute Gasteiger partial charge is 0.262 e. The molecule has 6 aliphatic heterocycles. The van der Waals surface area contributed by atoms with E-state index in [4.69, 9.17) is 11.6 Å². The molecule has 9 rings (SSSR count). The summed E-state index contributed by atoms with van der Waals surface area (Å²) >= 11 is 6.37. The van der Waals surface area contributed by atoms with Gasteiger partial charge in [0.25, 0.3) is 17.7 Å². The maximum absolute atomic E-state index is 13.5. The van der Waals surface area contributed by atoms with Crippen LogP contribution in [0.2, 0.25) is 5.02 Å². The van der Waals surface area contributed by atoms with Crippen molar-refractivity contribution < 1.29 is 24.0 Å². The minimum Gasteiger partial charge on any atom is -0.371 e. The highest BCUT2D eigenvalue weighted by Gasteiger charge is 2.46. The maximum Gasteiger partial charge on any atom is 0.262 e. The SMILES string of the molecule is C[C@H]1CC2(CCN(c3ccc(C(=O)N4CCN(CC5CN(c6ccc7c(c6)C(=O)N(C6CCC(=O)NC6=O)C7=O)C5)CC4)cc3)CC2)CN1c1ccc(C#N)c(Cl)c1. The van der Waals surface area contributed by atoms with E-state index in [0.29, 0.717) is 41.2 Å². The summed E-state index contributed by atoms with van der Waals surface area (Å²) in [7, 11) is 0. The van der Waals surface area contributed by atoms with Crippen molar-refractivity contribution in [1.29, 1.82) is 5.26 Å². The molecule has 0 saturated carbocycles. The summed E-state index contributed by atoms with van der Waals surface area (Å²) < 4.78 is 0. The molecular formula is C44H47ClN8O5. The molecule has 300 valence electrons. The first-order valence-corrected chi connectivity index (χ1v) is 20.8. The molecule has 1 spiro atoms. The molecule has 2 atom stereocenters. The van der Waals surface area contributed by atoms with Gasteiger partial charge in [-0.15, -0.1) is 0 Å². The number of halogens is 1. The van der Waals surface area contributed by atoms with E-state index in [-0.39, 0.29) is 29.7 Å². The normalized spacial score (nSPS) is 23.6. The van der Waals surface area contributed by atoms with Crippen molar-refractivity contribution in [2.24, 2.45) is 11.3 Å². The Morgan fingerprint density at radius 2 is 1.53 bits per heavy atom. The van der Waals surface area contributed by atoms with Crippen LogP contribution in [0.5, 0.6) is 0 Å². The predicted molar refractivity (Wildman–Crippen MR) is 219 cm³/mol. The van der Waals surface area contributed by atoms with Gasteiger partial charge < -0.3 is 19.6 Å². The van der Waals surface area contributed by atoms with Crippen molar-refractivity contribution >= 4 is 58.2 Å². The van der Waals surface area contributed by atoms with Crippen LogP contribution < -0.4 is 20.0 Å². The van der Waals surface area contributed by atoms with Gasteiger partial charge in [-0.1, -0.05) is 11.6 Å². The van der Waals surface area contributed by atoms with Gasteiger partial charge in [0, 0.05) is 106 Å². The minimum absolute atomic E-state index is 0.0716. The monoisotopic (exact) mass is 802 g/mol. The summed E-state index contributed by atoms with van der Waals surface area (Å²) in [6.45, 7) is 10.8. The Morgan fingerprint density at radius 1 is 0.845 bits per heavy atom. The largest absolute Gasteiger partial charge is 0.371 e. The number of carbonyl (C=O) groups is 5. The Hall–Kier alpha value is -5.45.